The number of ether oxygens (including phenoxy) is 1. The monoisotopic (exact) mass is 318 g/mol. The van der Waals surface area contributed by atoms with Crippen LogP contribution in [0.5, 0.6) is 0 Å². The van der Waals surface area contributed by atoms with Crippen LogP contribution in [0.25, 0.3) is 0 Å². The summed E-state index contributed by atoms with van der Waals surface area (Å²) in [6, 6.07) is 0. The third-order valence-corrected chi connectivity index (χ3v) is 5.01. The van der Waals surface area contributed by atoms with Crippen LogP contribution in [0.2, 0.25) is 0 Å². The van der Waals surface area contributed by atoms with Crippen LogP contribution in [0, 0.1) is 17.8 Å². The van der Waals surface area contributed by atoms with Crippen molar-refractivity contribution in [3.8, 4) is 0 Å². The van der Waals surface area contributed by atoms with Crippen molar-refractivity contribution in [1.29, 1.82) is 0 Å². The summed E-state index contributed by atoms with van der Waals surface area (Å²) in [5.74, 6) is 0.333. The summed E-state index contributed by atoms with van der Waals surface area (Å²) in [5.41, 5.74) is 1.77. The second kappa shape index (κ2) is 7.48. The maximum absolute atomic E-state index is 12.3. The van der Waals surface area contributed by atoms with Gasteiger partial charge in [-0.25, -0.2) is 0 Å². The lowest BCUT2D eigenvalue weighted by atomic mass is 9.72. The zero-order chi connectivity index (χ0) is 17.0. The summed E-state index contributed by atoms with van der Waals surface area (Å²) < 4.78 is 5.46. The molecular formula is C20H30O3. The average molecular weight is 318 g/mol. The van der Waals surface area contributed by atoms with Gasteiger partial charge < -0.3 is 9.84 Å². The third-order valence-electron chi connectivity index (χ3n) is 5.01. The maximum atomic E-state index is 12.3. The van der Waals surface area contributed by atoms with E-state index in [9.17, 15) is 9.90 Å². The van der Waals surface area contributed by atoms with E-state index in [1.807, 2.05) is 6.08 Å². The Morgan fingerprint density at radius 2 is 2.17 bits per heavy atom. The Labute approximate surface area is 140 Å². The molecule has 3 heteroatoms. The van der Waals surface area contributed by atoms with Crippen LogP contribution in [-0.4, -0.2) is 23.3 Å². The Kier molecular flexibility index (Phi) is 5.85. The van der Waals surface area contributed by atoms with E-state index in [1.54, 1.807) is 19.9 Å². The quantitative estimate of drug-likeness (QED) is 0.627. The molecule has 0 aromatic carbocycles. The molecule has 2 rings (SSSR count). The minimum Gasteiger partial charge on any atom is -0.465 e. The van der Waals surface area contributed by atoms with E-state index in [2.05, 4.69) is 19.6 Å². The van der Waals surface area contributed by atoms with Gasteiger partial charge in [-0.3, -0.25) is 4.79 Å². The summed E-state index contributed by atoms with van der Waals surface area (Å²) in [6.45, 7) is 10.4. The van der Waals surface area contributed by atoms with Crippen LogP contribution in [0.3, 0.4) is 0 Å². The summed E-state index contributed by atoms with van der Waals surface area (Å²) >= 11 is 0. The van der Waals surface area contributed by atoms with Gasteiger partial charge in [0.25, 0.3) is 0 Å². The second-order valence-electron chi connectivity index (χ2n) is 7.58. The number of carbonyl (C=O) groups excluding carboxylic acids is 1. The van der Waals surface area contributed by atoms with Gasteiger partial charge in [0.05, 0.1) is 18.1 Å². The van der Waals surface area contributed by atoms with Gasteiger partial charge in [0, 0.05) is 5.92 Å². The van der Waals surface area contributed by atoms with Crippen molar-refractivity contribution in [2.45, 2.75) is 58.5 Å². The third kappa shape index (κ3) is 5.07. The van der Waals surface area contributed by atoms with Gasteiger partial charge in [-0.05, 0) is 58.8 Å². The molecule has 3 nitrogen and oxygen atoms in total. The van der Waals surface area contributed by atoms with E-state index >= 15 is 0 Å². The van der Waals surface area contributed by atoms with E-state index in [4.69, 9.17) is 4.74 Å². The topological polar surface area (TPSA) is 46.5 Å². The average Bonchev–Trinajstić information content (AvgIpc) is 2.51. The summed E-state index contributed by atoms with van der Waals surface area (Å²) in [5, 5.41) is 9.82. The molecule has 0 saturated carbocycles. The van der Waals surface area contributed by atoms with Gasteiger partial charge in [0.15, 0.2) is 0 Å². The van der Waals surface area contributed by atoms with E-state index in [-0.39, 0.29) is 23.7 Å². The number of aliphatic hydroxyl groups is 1. The van der Waals surface area contributed by atoms with Gasteiger partial charge in [-0.1, -0.05) is 36.0 Å². The highest BCUT2D eigenvalue weighted by Crippen LogP contribution is 2.40. The van der Waals surface area contributed by atoms with Crippen LogP contribution < -0.4 is 0 Å². The molecule has 1 heterocycles. The van der Waals surface area contributed by atoms with Gasteiger partial charge in [0.2, 0.25) is 0 Å². The fourth-order valence-electron chi connectivity index (χ4n) is 3.64. The molecule has 128 valence electrons. The number of carbonyl (C=O) groups is 1. The van der Waals surface area contributed by atoms with E-state index in [1.165, 1.54) is 11.1 Å². The summed E-state index contributed by atoms with van der Waals surface area (Å²) in [6.07, 6.45) is 10.7. The smallest absolute Gasteiger partial charge is 0.309 e. The molecule has 1 saturated heterocycles. The zero-order valence-electron chi connectivity index (χ0n) is 14.7. The van der Waals surface area contributed by atoms with E-state index < -0.39 is 5.60 Å². The number of hydrogen-bond acceptors (Lipinski definition) is 3. The molecule has 0 unspecified atom stereocenters. The number of fused-ring (bicyclic) bond motifs is 1. The lowest BCUT2D eigenvalue weighted by Crippen LogP contribution is -2.40. The fourth-order valence-corrected chi connectivity index (χ4v) is 3.64. The maximum Gasteiger partial charge on any atom is 0.309 e. The molecule has 1 aliphatic heterocycles. The molecule has 0 amide bonds. The number of allylic oxidation sites excluding steroid dienone is 3. The summed E-state index contributed by atoms with van der Waals surface area (Å²) in [4.78, 5) is 12.3. The van der Waals surface area contributed by atoms with E-state index in [0.29, 0.717) is 13.0 Å². The molecular weight excluding hydrogens is 288 g/mol. The highest BCUT2D eigenvalue weighted by Gasteiger charge is 2.40. The number of rotatable bonds is 3. The van der Waals surface area contributed by atoms with Crippen LogP contribution in [0.4, 0.5) is 0 Å². The largest absolute Gasteiger partial charge is 0.465 e. The van der Waals surface area contributed by atoms with Gasteiger partial charge in [-0.2, -0.15) is 0 Å². The van der Waals surface area contributed by atoms with Crippen LogP contribution in [0.15, 0.2) is 36.0 Å². The number of cyclic esters (lactones) is 1. The SMILES string of the molecule is C=C1CCC=C(C)CC[C@@H]2[C@H](C/C=C/C(C)(C)O)C(=O)OC[C@@H]12. The van der Waals surface area contributed by atoms with Gasteiger partial charge in [-0.15, -0.1) is 0 Å². The van der Waals surface area contributed by atoms with Crippen molar-refractivity contribution < 1.29 is 14.6 Å². The molecule has 2 aliphatic rings. The first kappa shape index (κ1) is 18.0. The Hall–Kier alpha value is -1.35. The van der Waals surface area contributed by atoms with Crippen molar-refractivity contribution in [3.05, 3.63) is 36.0 Å². The lowest BCUT2D eigenvalue weighted by molar-refractivity contribution is -0.160. The summed E-state index contributed by atoms with van der Waals surface area (Å²) in [7, 11) is 0. The van der Waals surface area contributed by atoms with Gasteiger partial charge in [0.1, 0.15) is 0 Å². The molecule has 3 atom stereocenters. The van der Waals surface area contributed by atoms with Crippen molar-refractivity contribution in [3.63, 3.8) is 0 Å². The molecule has 0 aromatic heterocycles. The van der Waals surface area contributed by atoms with Crippen molar-refractivity contribution in [2.24, 2.45) is 17.8 Å². The van der Waals surface area contributed by atoms with Crippen molar-refractivity contribution in [1.82, 2.24) is 0 Å². The van der Waals surface area contributed by atoms with Crippen LogP contribution in [-0.2, 0) is 9.53 Å². The molecule has 1 fully saturated rings. The molecule has 0 bridgehead atoms. The molecule has 23 heavy (non-hydrogen) atoms. The minimum absolute atomic E-state index is 0.0969. The molecule has 0 aromatic rings. The standard InChI is InChI=1S/C20H30O3/c1-14-7-5-8-15(2)18-13-23-19(21)17(16(18)11-10-14)9-6-12-20(3,4)22/h6-7,12,16-18,22H,2,5,8-11,13H2,1,3-4H3/b12-6+,14-7?/t16-,17+,18+/m1/s1. The lowest BCUT2D eigenvalue weighted by Gasteiger charge is -2.37. The van der Waals surface area contributed by atoms with Crippen LogP contribution >= 0.6 is 0 Å². The normalized spacial score (nSPS) is 30.1. The predicted molar refractivity (Wildman–Crippen MR) is 92.8 cm³/mol. The Morgan fingerprint density at radius 3 is 2.87 bits per heavy atom. The second-order valence-corrected chi connectivity index (χ2v) is 7.58. The molecule has 1 aliphatic carbocycles. The van der Waals surface area contributed by atoms with Crippen molar-refractivity contribution in [2.75, 3.05) is 6.61 Å². The first-order valence-electron chi connectivity index (χ1n) is 8.68. The highest BCUT2D eigenvalue weighted by atomic mass is 16.5. The van der Waals surface area contributed by atoms with Crippen molar-refractivity contribution >= 4 is 5.97 Å². The first-order valence-corrected chi connectivity index (χ1v) is 8.68. The molecule has 1 N–H and O–H groups in total. The molecule has 0 spiro atoms. The Morgan fingerprint density at radius 1 is 1.43 bits per heavy atom. The molecule has 0 radical (unpaired) electrons. The first-order chi connectivity index (χ1) is 10.8. The zero-order valence-corrected chi connectivity index (χ0v) is 14.7. The van der Waals surface area contributed by atoms with E-state index in [0.717, 1.165) is 25.7 Å². The fraction of sp³-hybridized carbons (Fsp3) is 0.650. The Bertz CT molecular complexity index is 507. The van der Waals surface area contributed by atoms with Crippen LogP contribution in [0.1, 0.15) is 52.9 Å². The number of esters is 1. The minimum atomic E-state index is -0.848. The Balaban J connectivity index is 2.17. The van der Waals surface area contributed by atoms with Gasteiger partial charge >= 0.3 is 5.97 Å². The number of hydrogen-bond donors (Lipinski definition) is 1. The highest BCUT2D eigenvalue weighted by molar-refractivity contribution is 5.74. The predicted octanol–water partition coefficient (Wildman–Crippen LogP) is 4.19.